The first-order chi connectivity index (χ1) is 36.0. The van der Waals surface area contributed by atoms with Crippen LogP contribution in [0, 0.1) is 6.92 Å². The highest BCUT2D eigenvalue weighted by Gasteiger charge is 2.19. The third-order valence-electron chi connectivity index (χ3n) is 13.5. The van der Waals surface area contributed by atoms with E-state index >= 15 is 0 Å². The maximum atomic E-state index is 5.03. The second-order valence-corrected chi connectivity index (χ2v) is 19.4. The number of para-hydroxylation sites is 2. The topological polar surface area (TPSA) is 31.7 Å². The Morgan fingerprint density at radius 3 is 1.44 bits per heavy atom. The summed E-state index contributed by atoms with van der Waals surface area (Å²) in [6, 6.07) is 95.6. The van der Waals surface area contributed by atoms with Crippen LogP contribution in [0.5, 0.6) is 0 Å². The number of aromatic nitrogens is 1. The molecule has 12 rings (SSSR count). The van der Waals surface area contributed by atoms with Crippen molar-refractivity contribution in [1.29, 1.82) is 0 Å². The fourth-order valence-electron chi connectivity index (χ4n) is 9.74. The van der Waals surface area contributed by atoms with E-state index in [1.165, 1.54) is 21.2 Å². The Balaban J connectivity index is 0.910. The van der Waals surface area contributed by atoms with Crippen molar-refractivity contribution in [2.75, 3.05) is 9.80 Å². The highest BCUT2D eigenvalue weighted by Crippen LogP contribution is 2.42. The molecule has 1 heterocycles. The zero-order valence-electron chi connectivity index (χ0n) is 40.6. The molecule has 4 nitrogen and oxygen atoms in total. The predicted molar refractivity (Wildman–Crippen MR) is 311 cm³/mol. The van der Waals surface area contributed by atoms with Crippen LogP contribution >= 0.6 is 11.3 Å². The highest BCUT2D eigenvalue weighted by molar-refractivity contribution is 7.21. The van der Waals surface area contributed by atoms with Crippen molar-refractivity contribution < 1.29 is 0 Å². The summed E-state index contributed by atoms with van der Waals surface area (Å²) >= 11 is 1.73. The quantitative estimate of drug-likeness (QED) is 0.114. The van der Waals surface area contributed by atoms with Crippen molar-refractivity contribution >= 4 is 77.8 Å². The Bertz CT molecular complexity index is 3920. The molecule has 0 saturated carbocycles. The Labute approximate surface area is 431 Å². The van der Waals surface area contributed by atoms with E-state index in [9.17, 15) is 0 Å². The molecule has 0 radical (unpaired) electrons. The van der Waals surface area contributed by atoms with Crippen molar-refractivity contribution in [3.8, 4) is 44.0 Å². The van der Waals surface area contributed by atoms with Gasteiger partial charge in [-0.05, 0) is 166 Å². The smallest absolute Gasteiger partial charge is 0.124 e. The molecule has 11 aromatic carbocycles. The van der Waals surface area contributed by atoms with Crippen LogP contribution in [-0.4, -0.2) is 10.7 Å². The van der Waals surface area contributed by atoms with E-state index in [1.807, 2.05) is 6.07 Å². The molecule has 73 heavy (non-hydrogen) atoms. The Hall–Kier alpha value is -9.16. The summed E-state index contributed by atoms with van der Waals surface area (Å²) in [6.45, 7) is 4.19. The van der Waals surface area contributed by atoms with Gasteiger partial charge in [0.1, 0.15) is 5.01 Å². The summed E-state index contributed by atoms with van der Waals surface area (Å²) in [7, 11) is 0. The fraction of sp³-hybridized carbons (Fsp3) is 0.0294. The summed E-state index contributed by atoms with van der Waals surface area (Å²) in [4.78, 5) is 14.8. The molecule has 1 aromatic heterocycles. The number of anilines is 6. The van der Waals surface area contributed by atoms with Crippen LogP contribution in [0.1, 0.15) is 18.1 Å². The Morgan fingerprint density at radius 1 is 0.370 bits per heavy atom. The van der Waals surface area contributed by atoms with Crippen molar-refractivity contribution in [3.63, 3.8) is 0 Å². The first-order valence-corrected chi connectivity index (χ1v) is 25.5. The molecule has 0 amide bonds. The van der Waals surface area contributed by atoms with Crippen molar-refractivity contribution in [2.45, 2.75) is 13.8 Å². The van der Waals surface area contributed by atoms with Gasteiger partial charge in [0.15, 0.2) is 0 Å². The summed E-state index contributed by atoms with van der Waals surface area (Å²) in [5.74, 6) is 0. The van der Waals surface area contributed by atoms with Gasteiger partial charge in [0.25, 0.3) is 0 Å². The Kier molecular flexibility index (Phi) is 12.3. The average molecular weight is 955 g/mol. The molecule has 0 N–H and O–H groups in total. The van der Waals surface area contributed by atoms with Crippen LogP contribution < -0.4 is 9.80 Å². The molecule has 348 valence electrons. The lowest BCUT2D eigenvalue weighted by molar-refractivity contribution is 1.28. The van der Waals surface area contributed by atoms with Gasteiger partial charge in [0.05, 0.1) is 15.9 Å². The molecule has 0 spiro atoms. The van der Waals surface area contributed by atoms with Crippen molar-refractivity contribution in [3.05, 3.63) is 278 Å². The van der Waals surface area contributed by atoms with E-state index in [0.29, 0.717) is 0 Å². The van der Waals surface area contributed by atoms with Crippen LogP contribution in [0.2, 0.25) is 0 Å². The molecule has 0 aliphatic heterocycles. The predicted octanol–water partition coefficient (Wildman–Crippen LogP) is 19.5. The van der Waals surface area contributed by atoms with E-state index < -0.39 is 0 Å². The molecule has 5 heteroatoms. The lowest BCUT2D eigenvalue weighted by atomic mass is 9.99. The van der Waals surface area contributed by atoms with E-state index in [1.54, 1.807) is 11.3 Å². The number of rotatable bonds is 12. The number of fused-ring (bicyclic) bond motifs is 2. The van der Waals surface area contributed by atoms with Gasteiger partial charge in [-0.2, -0.15) is 0 Å². The minimum Gasteiger partial charge on any atom is -0.310 e. The lowest BCUT2D eigenvalue weighted by Gasteiger charge is -2.27. The fourth-order valence-corrected chi connectivity index (χ4v) is 10.7. The third-order valence-corrected chi connectivity index (χ3v) is 14.6. The number of aliphatic imine (C=N–C) groups is 1. The van der Waals surface area contributed by atoms with E-state index in [4.69, 9.17) is 9.98 Å². The van der Waals surface area contributed by atoms with E-state index in [-0.39, 0.29) is 0 Å². The zero-order chi connectivity index (χ0) is 49.1. The second-order valence-electron chi connectivity index (χ2n) is 18.4. The van der Waals surface area contributed by atoms with E-state index in [0.717, 1.165) is 100 Å². The van der Waals surface area contributed by atoms with Gasteiger partial charge in [-0.25, -0.2) is 4.98 Å². The molecule has 0 bridgehead atoms. The SMILES string of the molecule is CC(=Nc1ccccc1C)c1ccc(N(c2cccc(-c3ccccc3)c2)c2cccc(-c3ccc4cc(N(c5cccc(-c6ccccc6)c5)c5cccc(-c6nc7ccccc7s6)c5)ccc4c3)c2)cc1. The molecule has 0 fully saturated rings. The first kappa shape index (κ1) is 45.0. The minimum absolute atomic E-state index is 0.976. The normalized spacial score (nSPS) is 11.5. The Morgan fingerprint density at radius 2 is 0.822 bits per heavy atom. The van der Waals surface area contributed by atoms with Gasteiger partial charge in [-0.3, -0.25) is 4.99 Å². The minimum atomic E-state index is 0.976. The molecule has 0 aliphatic rings. The average Bonchev–Trinajstić information content (AvgIpc) is 3.90. The highest BCUT2D eigenvalue weighted by atomic mass is 32.1. The van der Waals surface area contributed by atoms with Gasteiger partial charge >= 0.3 is 0 Å². The number of nitrogens with zero attached hydrogens (tertiary/aromatic N) is 4. The summed E-state index contributed by atoms with van der Waals surface area (Å²) in [5, 5.41) is 3.33. The van der Waals surface area contributed by atoms with E-state index in [2.05, 4.69) is 285 Å². The largest absolute Gasteiger partial charge is 0.310 e. The molecule has 0 unspecified atom stereocenters. The zero-order valence-corrected chi connectivity index (χ0v) is 41.4. The van der Waals surface area contributed by atoms with Crippen molar-refractivity contribution in [1.82, 2.24) is 4.98 Å². The van der Waals surface area contributed by atoms with Gasteiger partial charge < -0.3 is 9.80 Å². The van der Waals surface area contributed by atoms with Crippen LogP contribution in [0.15, 0.2) is 272 Å². The summed E-state index contributed by atoms with van der Waals surface area (Å²) in [6.07, 6.45) is 0. The maximum Gasteiger partial charge on any atom is 0.124 e. The number of thiazole rings is 1. The maximum absolute atomic E-state index is 5.03. The molecular weight excluding hydrogens is 905 g/mol. The van der Waals surface area contributed by atoms with Crippen LogP contribution in [0.3, 0.4) is 0 Å². The summed E-state index contributed by atoms with van der Waals surface area (Å²) in [5.41, 5.74) is 19.7. The van der Waals surface area contributed by atoms with Gasteiger partial charge in [0, 0.05) is 45.4 Å². The van der Waals surface area contributed by atoms with Crippen LogP contribution in [-0.2, 0) is 0 Å². The van der Waals surface area contributed by atoms with Crippen LogP contribution in [0.25, 0.3) is 64.9 Å². The first-order valence-electron chi connectivity index (χ1n) is 24.7. The van der Waals surface area contributed by atoms with Crippen molar-refractivity contribution in [2.24, 2.45) is 4.99 Å². The molecular formula is C68H50N4S. The molecule has 0 saturated heterocycles. The summed E-state index contributed by atoms with van der Waals surface area (Å²) < 4.78 is 1.18. The van der Waals surface area contributed by atoms with Crippen LogP contribution in [0.4, 0.5) is 39.8 Å². The number of aryl methyl sites for hydroxylation is 1. The van der Waals surface area contributed by atoms with Gasteiger partial charge in [-0.1, -0.05) is 170 Å². The third kappa shape index (κ3) is 9.46. The lowest BCUT2D eigenvalue weighted by Crippen LogP contribution is -2.10. The standard InChI is InChI=1S/C68H50N4S/c1-47-17-9-10-30-65(47)69-48(2)49-35-38-59(39-36-49)71(60-26-13-22-52(42-60)50-18-5-3-6-19-50)61-27-15-24-54(44-61)55-33-34-57-45-64(40-37-56(57)41-55)72(62-28-14-23-53(43-62)51-20-7-4-8-21-51)63-29-16-25-58(46-63)68-70-66-31-11-12-32-67(66)73-68/h3-46H,1-2H3. The number of benzene rings is 11. The molecule has 0 atom stereocenters. The molecule has 12 aromatic rings. The molecule has 0 aliphatic carbocycles. The number of hydrogen-bond acceptors (Lipinski definition) is 5. The van der Waals surface area contributed by atoms with Gasteiger partial charge in [-0.15, -0.1) is 11.3 Å². The van der Waals surface area contributed by atoms with Gasteiger partial charge in [0.2, 0.25) is 0 Å². The number of hydrogen-bond donors (Lipinski definition) is 0. The monoisotopic (exact) mass is 954 g/mol. The second kappa shape index (κ2) is 19.9.